The van der Waals surface area contributed by atoms with Crippen molar-refractivity contribution in [3.8, 4) is 0 Å². The van der Waals surface area contributed by atoms with Gasteiger partial charge in [-0.3, -0.25) is 0 Å². The summed E-state index contributed by atoms with van der Waals surface area (Å²) in [6, 6.07) is 17.6. The van der Waals surface area contributed by atoms with Gasteiger partial charge in [-0.15, -0.1) is 22.2 Å². The molecular formula is C18H24Cl2N2Si2. The van der Waals surface area contributed by atoms with Crippen molar-refractivity contribution in [2.24, 2.45) is 0 Å². The van der Waals surface area contributed by atoms with Crippen molar-refractivity contribution in [3.63, 3.8) is 0 Å². The third-order valence-corrected chi connectivity index (χ3v) is 5.40. The third kappa shape index (κ3) is 7.97. The Morgan fingerprint density at radius 3 is 1.79 bits per heavy atom. The molecule has 2 atom stereocenters. The summed E-state index contributed by atoms with van der Waals surface area (Å²) in [4.78, 5) is 6.36. The molecule has 2 N–H and O–H groups in total. The zero-order chi connectivity index (χ0) is 17.9. The van der Waals surface area contributed by atoms with E-state index in [1.165, 1.54) is 22.3 Å². The number of halogens is 2. The van der Waals surface area contributed by atoms with E-state index < -0.39 is 0 Å². The summed E-state index contributed by atoms with van der Waals surface area (Å²) in [7, 11) is 0.566. The normalized spacial score (nSPS) is 12.9. The lowest BCUT2D eigenvalue weighted by Crippen LogP contribution is -2.19. The standard InChI is InChI=1S/2C9H12ClNSi/c1-7-3-5-9(6-4-7)8(2)11-12-10;1-7-4-3-5-9(6-7)8(2)11-12-10/h2*3-6,8,11H,1-2H3. The van der Waals surface area contributed by atoms with Gasteiger partial charge in [0.25, 0.3) is 18.0 Å². The van der Waals surface area contributed by atoms with Crippen LogP contribution in [0.15, 0.2) is 48.5 Å². The van der Waals surface area contributed by atoms with E-state index in [4.69, 9.17) is 22.2 Å². The molecule has 0 aliphatic rings. The molecule has 2 aromatic rings. The molecule has 0 aliphatic heterocycles. The van der Waals surface area contributed by atoms with Gasteiger partial charge in [0.05, 0.1) is 0 Å². The number of aryl methyl sites for hydroxylation is 2. The second kappa shape index (κ2) is 11.8. The quantitative estimate of drug-likeness (QED) is 0.540. The third-order valence-electron chi connectivity index (χ3n) is 3.66. The highest BCUT2D eigenvalue weighted by Crippen LogP contribution is 2.13. The first-order valence-electron chi connectivity index (χ1n) is 7.83. The van der Waals surface area contributed by atoms with Crippen LogP contribution in [0.3, 0.4) is 0 Å². The summed E-state index contributed by atoms with van der Waals surface area (Å²) >= 11 is 11.2. The lowest BCUT2D eigenvalue weighted by Gasteiger charge is -2.11. The molecule has 0 heterocycles. The SMILES string of the molecule is Cc1ccc(C(C)N[Si]Cl)cc1.Cc1cccc(C(C)N[Si]Cl)c1. The van der Waals surface area contributed by atoms with Gasteiger partial charge in [-0.2, -0.15) is 0 Å². The maximum atomic E-state index is 5.60. The average Bonchev–Trinajstić information content (AvgIpc) is 2.56. The number of hydrogen-bond donors (Lipinski definition) is 2. The molecule has 2 nitrogen and oxygen atoms in total. The monoisotopic (exact) mass is 394 g/mol. The summed E-state index contributed by atoms with van der Waals surface area (Å²) in [6.45, 7) is 8.41. The highest BCUT2D eigenvalue weighted by atomic mass is 35.6. The van der Waals surface area contributed by atoms with Gasteiger partial charge in [-0.05, 0) is 38.8 Å². The van der Waals surface area contributed by atoms with E-state index in [9.17, 15) is 0 Å². The van der Waals surface area contributed by atoms with E-state index in [2.05, 4.69) is 86.2 Å². The molecule has 0 spiro atoms. The minimum Gasteiger partial charge on any atom is -0.320 e. The van der Waals surface area contributed by atoms with Gasteiger partial charge >= 0.3 is 0 Å². The average molecular weight is 395 g/mol. The minimum absolute atomic E-state index is 0.283. The molecule has 128 valence electrons. The highest BCUT2D eigenvalue weighted by Gasteiger charge is 2.03. The molecule has 2 rings (SSSR count). The van der Waals surface area contributed by atoms with Crippen molar-refractivity contribution in [1.29, 1.82) is 0 Å². The fraction of sp³-hybridized carbons (Fsp3) is 0.333. The Morgan fingerprint density at radius 1 is 0.750 bits per heavy atom. The summed E-state index contributed by atoms with van der Waals surface area (Å²) in [5.74, 6) is 0. The Hall–Kier alpha value is -0.626. The molecule has 0 saturated carbocycles. The summed E-state index contributed by atoms with van der Waals surface area (Å²) < 4.78 is 0. The van der Waals surface area contributed by atoms with Crippen molar-refractivity contribution in [2.45, 2.75) is 39.8 Å². The van der Waals surface area contributed by atoms with Crippen LogP contribution in [-0.4, -0.2) is 18.0 Å². The highest BCUT2D eigenvalue weighted by molar-refractivity contribution is 6.92. The second-order valence-electron chi connectivity index (χ2n) is 5.75. The predicted octanol–water partition coefficient (Wildman–Crippen LogP) is 4.84. The van der Waals surface area contributed by atoms with Gasteiger partial charge in [0.1, 0.15) is 0 Å². The molecular weight excluding hydrogens is 371 g/mol. The van der Waals surface area contributed by atoms with Gasteiger partial charge in [0.2, 0.25) is 0 Å². The molecule has 0 fully saturated rings. The molecule has 0 saturated heterocycles. The van der Waals surface area contributed by atoms with Crippen LogP contribution >= 0.6 is 22.2 Å². The largest absolute Gasteiger partial charge is 0.320 e. The Bertz CT molecular complexity index is 594. The summed E-state index contributed by atoms with van der Waals surface area (Å²) in [6.07, 6.45) is 0. The number of rotatable bonds is 6. The molecule has 24 heavy (non-hydrogen) atoms. The Kier molecular flexibility index (Phi) is 10.6. The van der Waals surface area contributed by atoms with Crippen LogP contribution < -0.4 is 9.96 Å². The van der Waals surface area contributed by atoms with E-state index in [-0.39, 0.29) is 18.0 Å². The molecule has 6 heteroatoms. The van der Waals surface area contributed by atoms with Crippen molar-refractivity contribution in [3.05, 3.63) is 70.8 Å². The minimum atomic E-state index is 0.283. The van der Waals surface area contributed by atoms with Gasteiger partial charge in [-0.25, -0.2) is 0 Å². The number of hydrogen-bond acceptors (Lipinski definition) is 2. The smallest absolute Gasteiger partial charge is 0.271 e. The Labute approximate surface area is 160 Å². The molecule has 2 aromatic carbocycles. The van der Waals surface area contributed by atoms with Crippen molar-refractivity contribution in [2.75, 3.05) is 0 Å². The fourth-order valence-electron chi connectivity index (χ4n) is 2.12. The van der Waals surface area contributed by atoms with Gasteiger partial charge in [-0.1, -0.05) is 59.7 Å². The van der Waals surface area contributed by atoms with Crippen LogP contribution in [0.2, 0.25) is 0 Å². The van der Waals surface area contributed by atoms with Crippen LogP contribution in [-0.2, 0) is 0 Å². The second-order valence-corrected chi connectivity index (χ2v) is 7.84. The van der Waals surface area contributed by atoms with E-state index >= 15 is 0 Å². The topological polar surface area (TPSA) is 24.1 Å². The van der Waals surface area contributed by atoms with Crippen LogP contribution in [0.5, 0.6) is 0 Å². The van der Waals surface area contributed by atoms with E-state index in [0.29, 0.717) is 12.1 Å². The first-order chi connectivity index (χ1) is 11.5. The first kappa shape index (κ1) is 21.4. The van der Waals surface area contributed by atoms with Gasteiger partial charge in [0, 0.05) is 12.1 Å². The van der Waals surface area contributed by atoms with Crippen LogP contribution in [0.1, 0.15) is 48.2 Å². The van der Waals surface area contributed by atoms with E-state index in [1.54, 1.807) is 0 Å². The lowest BCUT2D eigenvalue weighted by molar-refractivity contribution is 0.741. The lowest BCUT2D eigenvalue weighted by atomic mass is 10.1. The summed E-state index contributed by atoms with van der Waals surface area (Å²) in [5.41, 5.74) is 5.16. The van der Waals surface area contributed by atoms with Crippen molar-refractivity contribution in [1.82, 2.24) is 9.96 Å². The molecule has 4 radical (unpaired) electrons. The van der Waals surface area contributed by atoms with Gasteiger partial charge < -0.3 is 9.96 Å². The maximum Gasteiger partial charge on any atom is 0.271 e. The van der Waals surface area contributed by atoms with Crippen molar-refractivity contribution < 1.29 is 0 Å². The molecule has 0 amide bonds. The number of benzene rings is 2. The molecule has 0 aromatic heterocycles. The molecule has 0 bridgehead atoms. The zero-order valence-electron chi connectivity index (χ0n) is 14.5. The first-order valence-corrected chi connectivity index (χ1v) is 11.9. The fourth-order valence-corrected chi connectivity index (χ4v) is 3.77. The van der Waals surface area contributed by atoms with E-state index in [0.717, 1.165) is 0 Å². The molecule has 2 unspecified atom stereocenters. The predicted molar refractivity (Wildman–Crippen MR) is 109 cm³/mol. The van der Waals surface area contributed by atoms with Crippen LogP contribution in [0.4, 0.5) is 0 Å². The maximum absolute atomic E-state index is 5.60. The van der Waals surface area contributed by atoms with Crippen molar-refractivity contribution >= 4 is 40.1 Å². The Morgan fingerprint density at radius 2 is 1.29 bits per heavy atom. The number of nitrogens with one attached hydrogen (secondary N) is 2. The zero-order valence-corrected chi connectivity index (χ0v) is 18.0. The van der Waals surface area contributed by atoms with Crippen LogP contribution in [0.25, 0.3) is 0 Å². The molecule has 0 aliphatic carbocycles. The van der Waals surface area contributed by atoms with E-state index in [1.807, 2.05) is 0 Å². The Balaban J connectivity index is 0.000000240. The van der Waals surface area contributed by atoms with Crippen LogP contribution in [0, 0.1) is 13.8 Å². The van der Waals surface area contributed by atoms with Gasteiger partial charge in [0.15, 0.2) is 0 Å². The summed E-state index contributed by atoms with van der Waals surface area (Å²) in [5, 5.41) is 0.